The highest BCUT2D eigenvalue weighted by Crippen LogP contribution is 2.25. The maximum absolute atomic E-state index is 11.2. The fraction of sp³-hybridized carbons (Fsp3) is 0.167. The number of aromatic nitrogens is 1. The molecule has 0 fully saturated rings. The number of benzene rings is 2. The predicted molar refractivity (Wildman–Crippen MR) is 125 cm³/mol. The van der Waals surface area contributed by atoms with Crippen LogP contribution in [0.3, 0.4) is 0 Å². The summed E-state index contributed by atoms with van der Waals surface area (Å²) < 4.78 is 1.84. The second kappa shape index (κ2) is 8.76. The van der Waals surface area contributed by atoms with E-state index in [4.69, 9.17) is 23.8 Å². The van der Waals surface area contributed by atoms with E-state index in [-0.39, 0.29) is 5.76 Å². The van der Waals surface area contributed by atoms with Gasteiger partial charge in [-0.2, -0.15) is 4.57 Å². The molecule has 1 aromatic heterocycles. The van der Waals surface area contributed by atoms with E-state index < -0.39 is 0 Å². The number of aliphatic hydroxyl groups is 1. The average Bonchev–Trinajstić information content (AvgIpc) is 2.68. The molecule has 0 aliphatic carbocycles. The van der Waals surface area contributed by atoms with Crippen LogP contribution in [0.4, 0.5) is 5.69 Å². The van der Waals surface area contributed by atoms with Crippen LogP contribution >= 0.6 is 23.8 Å². The monoisotopic (exact) mass is 423 g/mol. The third kappa shape index (κ3) is 4.66. The minimum atomic E-state index is 0.112. The van der Waals surface area contributed by atoms with Gasteiger partial charge in [0.1, 0.15) is 0 Å². The third-order valence-electron chi connectivity index (χ3n) is 4.94. The first-order valence-electron chi connectivity index (χ1n) is 9.33. The van der Waals surface area contributed by atoms with E-state index >= 15 is 0 Å². The number of anilines is 1. The molecule has 3 rings (SSSR count). The van der Waals surface area contributed by atoms with Gasteiger partial charge < -0.3 is 10.4 Å². The maximum atomic E-state index is 11.2. The number of hydrogen-bond acceptors (Lipinski definition) is 2. The molecule has 0 atom stereocenters. The van der Waals surface area contributed by atoms with Crippen LogP contribution in [0.15, 0.2) is 60.9 Å². The van der Waals surface area contributed by atoms with E-state index in [1.807, 2.05) is 93.2 Å². The van der Waals surface area contributed by atoms with Gasteiger partial charge in [0, 0.05) is 27.9 Å². The zero-order valence-electron chi connectivity index (χ0n) is 17.0. The van der Waals surface area contributed by atoms with Crippen molar-refractivity contribution in [3.05, 3.63) is 93.8 Å². The van der Waals surface area contributed by atoms with Crippen molar-refractivity contribution >= 4 is 46.0 Å². The minimum Gasteiger partial charge on any atom is -0.502 e. The average molecular weight is 424 g/mol. The Morgan fingerprint density at radius 1 is 1.00 bits per heavy atom. The molecule has 0 aliphatic heterocycles. The molecule has 0 unspecified atom stereocenters. The Balaban J connectivity index is 2.13. The number of halogens is 1. The molecule has 2 N–H and O–H groups in total. The van der Waals surface area contributed by atoms with Gasteiger partial charge in [0.2, 0.25) is 0 Å². The molecule has 3 nitrogen and oxygen atoms in total. The molecule has 0 amide bonds. The van der Waals surface area contributed by atoms with Gasteiger partial charge in [-0.3, -0.25) is 0 Å². The summed E-state index contributed by atoms with van der Waals surface area (Å²) in [7, 11) is 0. The highest BCUT2D eigenvalue weighted by molar-refractivity contribution is 7.81. The SMILES string of the molecule is Cc1ccc[n+](C(C(=S)Nc2cccc(Cl)c2C)=C(O)c2ccc(C)c(C)c2)c1. The maximum Gasteiger partial charge on any atom is 0.288 e. The van der Waals surface area contributed by atoms with Gasteiger partial charge in [-0.1, -0.05) is 42.0 Å². The number of aliphatic hydroxyl groups excluding tert-OH is 1. The highest BCUT2D eigenvalue weighted by atomic mass is 35.5. The zero-order chi connectivity index (χ0) is 21.1. The number of nitrogens with one attached hydrogen (secondary N) is 1. The normalized spacial score (nSPS) is 11.8. The smallest absolute Gasteiger partial charge is 0.288 e. The van der Waals surface area contributed by atoms with Gasteiger partial charge >= 0.3 is 0 Å². The summed E-state index contributed by atoms with van der Waals surface area (Å²) in [5, 5.41) is 15.1. The molecule has 1 heterocycles. The molecule has 0 saturated carbocycles. The summed E-state index contributed by atoms with van der Waals surface area (Å²) in [5.74, 6) is 0.112. The molecule has 0 aliphatic rings. The van der Waals surface area contributed by atoms with Crippen molar-refractivity contribution in [1.29, 1.82) is 0 Å². The lowest BCUT2D eigenvalue weighted by molar-refractivity contribution is -0.576. The van der Waals surface area contributed by atoms with Crippen LogP contribution in [0, 0.1) is 27.7 Å². The van der Waals surface area contributed by atoms with Gasteiger partial charge in [-0.15, -0.1) is 0 Å². The molecular weight excluding hydrogens is 400 g/mol. The van der Waals surface area contributed by atoms with Gasteiger partial charge in [0.25, 0.3) is 5.70 Å². The van der Waals surface area contributed by atoms with Crippen molar-refractivity contribution in [1.82, 2.24) is 0 Å². The molecule has 0 bridgehead atoms. The molecule has 0 saturated heterocycles. The van der Waals surface area contributed by atoms with Crippen molar-refractivity contribution in [2.45, 2.75) is 27.7 Å². The molecular formula is C24H24ClN2OS+. The van der Waals surface area contributed by atoms with E-state index in [9.17, 15) is 5.11 Å². The second-order valence-electron chi connectivity index (χ2n) is 7.15. The van der Waals surface area contributed by atoms with Crippen molar-refractivity contribution < 1.29 is 9.67 Å². The summed E-state index contributed by atoms with van der Waals surface area (Å²) in [6.45, 7) is 8.00. The molecule has 3 aromatic rings. The molecule has 2 aromatic carbocycles. The number of nitrogens with zero attached hydrogens (tertiary/aromatic N) is 1. The standard InChI is InChI=1S/C24H23ClN2OS/c1-15-7-6-12-27(14-15)22(23(28)19-11-10-16(2)17(3)13-19)24(29)26-21-9-5-8-20(25)18(21)4/h5-14H,1-4H3,(H-,26,28,29)/p+1. The van der Waals surface area contributed by atoms with Gasteiger partial charge in [0.05, 0.1) is 0 Å². The van der Waals surface area contributed by atoms with Crippen LogP contribution in [0.5, 0.6) is 0 Å². The number of pyridine rings is 1. The molecule has 0 radical (unpaired) electrons. The molecule has 148 valence electrons. The summed E-state index contributed by atoms with van der Waals surface area (Å²) in [4.78, 5) is 0.404. The number of aryl methyl sites for hydroxylation is 3. The third-order valence-corrected chi connectivity index (χ3v) is 5.65. The van der Waals surface area contributed by atoms with E-state index in [0.717, 1.165) is 22.4 Å². The highest BCUT2D eigenvalue weighted by Gasteiger charge is 2.24. The molecule has 5 heteroatoms. The van der Waals surface area contributed by atoms with E-state index in [0.29, 0.717) is 21.3 Å². The lowest BCUT2D eigenvalue weighted by Gasteiger charge is -2.13. The quantitative estimate of drug-likeness (QED) is 0.227. The first kappa shape index (κ1) is 21.0. The second-order valence-corrected chi connectivity index (χ2v) is 7.97. The van der Waals surface area contributed by atoms with Crippen LogP contribution < -0.4 is 9.88 Å². The lowest BCUT2D eigenvalue weighted by atomic mass is 10.0. The number of hydrogen-bond donors (Lipinski definition) is 2. The van der Waals surface area contributed by atoms with Gasteiger partial charge in [-0.05, 0) is 68.7 Å². The van der Waals surface area contributed by atoms with Crippen molar-refractivity contribution in [3.63, 3.8) is 0 Å². The van der Waals surface area contributed by atoms with Crippen molar-refractivity contribution in [3.8, 4) is 0 Å². The van der Waals surface area contributed by atoms with Crippen molar-refractivity contribution in [2.75, 3.05) is 5.32 Å². The summed E-state index contributed by atoms with van der Waals surface area (Å²) in [6, 6.07) is 15.4. The van der Waals surface area contributed by atoms with E-state index in [1.165, 1.54) is 5.56 Å². The number of rotatable bonds is 4. The Morgan fingerprint density at radius 2 is 1.76 bits per heavy atom. The molecule has 0 spiro atoms. The fourth-order valence-corrected chi connectivity index (χ4v) is 3.52. The Hall–Kier alpha value is -2.69. The first-order chi connectivity index (χ1) is 13.8. The summed E-state index contributed by atoms with van der Waals surface area (Å²) in [6.07, 6.45) is 3.81. The van der Waals surface area contributed by atoms with Crippen LogP contribution in [0.1, 0.15) is 27.8 Å². The van der Waals surface area contributed by atoms with E-state index in [1.54, 1.807) is 0 Å². The fourth-order valence-electron chi connectivity index (χ4n) is 3.03. The zero-order valence-corrected chi connectivity index (χ0v) is 18.5. The lowest BCUT2D eigenvalue weighted by Crippen LogP contribution is -2.38. The largest absolute Gasteiger partial charge is 0.502 e. The first-order valence-corrected chi connectivity index (χ1v) is 10.1. The Labute approximate surface area is 182 Å². The van der Waals surface area contributed by atoms with Gasteiger partial charge in [-0.25, -0.2) is 0 Å². The molecule has 29 heavy (non-hydrogen) atoms. The Morgan fingerprint density at radius 3 is 2.45 bits per heavy atom. The number of thiocarbonyl (C=S) groups is 1. The van der Waals surface area contributed by atoms with Crippen LogP contribution in [0.2, 0.25) is 5.02 Å². The van der Waals surface area contributed by atoms with E-state index in [2.05, 4.69) is 5.32 Å². The summed E-state index contributed by atoms with van der Waals surface area (Å²) >= 11 is 12.0. The topological polar surface area (TPSA) is 36.1 Å². The summed E-state index contributed by atoms with van der Waals surface area (Å²) in [5.41, 5.74) is 6.25. The predicted octanol–water partition coefficient (Wildman–Crippen LogP) is 6.18. The Kier molecular flexibility index (Phi) is 6.36. The minimum absolute atomic E-state index is 0.112. The van der Waals surface area contributed by atoms with Gasteiger partial charge in [0.15, 0.2) is 23.1 Å². The van der Waals surface area contributed by atoms with Crippen LogP contribution in [-0.2, 0) is 0 Å². The van der Waals surface area contributed by atoms with Crippen LogP contribution in [-0.4, -0.2) is 10.1 Å². The van der Waals surface area contributed by atoms with Crippen molar-refractivity contribution in [2.24, 2.45) is 0 Å². The Bertz CT molecular complexity index is 1120. The van der Waals surface area contributed by atoms with Crippen LogP contribution in [0.25, 0.3) is 11.5 Å².